The minimum absolute atomic E-state index is 0.0676. The number of thiazole rings is 1. The van der Waals surface area contributed by atoms with Crippen molar-refractivity contribution in [2.45, 2.75) is 26.7 Å². The highest BCUT2D eigenvalue weighted by molar-refractivity contribution is 7.09. The lowest BCUT2D eigenvalue weighted by atomic mass is 10.1. The molecule has 1 aliphatic rings. The second-order valence-electron chi connectivity index (χ2n) is 5.98. The molecule has 1 aliphatic heterocycles. The number of carbonyl (C=O) groups is 1. The van der Waals surface area contributed by atoms with Crippen LogP contribution in [-0.4, -0.2) is 60.0 Å². The van der Waals surface area contributed by atoms with E-state index >= 15 is 0 Å². The fourth-order valence-electron chi connectivity index (χ4n) is 2.42. The Kier molecular flexibility index (Phi) is 6.14. The Balaban J connectivity index is 1.82. The second kappa shape index (κ2) is 7.87. The fraction of sp³-hybridized carbons (Fsp3) is 0.733. The Morgan fingerprint density at radius 2 is 2.10 bits per heavy atom. The number of nitrogens with two attached hydrogens (primary N) is 1. The van der Waals surface area contributed by atoms with E-state index in [-0.39, 0.29) is 5.91 Å². The van der Waals surface area contributed by atoms with E-state index in [0.717, 1.165) is 50.1 Å². The van der Waals surface area contributed by atoms with Gasteiger partial charge in [-0.15, -0.1) is 11.3 Å². The van der Waals surface area contributed by atoms with Gasteiger partial charge in [-0.3, -0.25) is 9.69 Å². The molecule has 1 amide bonds. The van der Waals surface area contributed by atoms with E-state index in [1.165, 1.54) is 17.8 Å². The molecule has 0 aromatic carbocycles. The molecular weight excluding hydrogens is 284 g/mol. The van der Waals surface area contributed by atoms with Crippen molar-refractivity contribution in [1.29, 1.82) is 0 Å². The molecule has 0 atom stereocenters. The van der Waals surface area contributed by atoms with Gasteiger partial charge in [0, 0.05) is 38.0 Å². The summed E-state index contributed by atoms with van der Waals surface area (Å²) in [4.78, 5) is 21.2. The van der Waals surface area contributed by atoms with Crippen molar-refractivity contribution in [2.24, 2.45) is 11.7 Å². The topological polar surface area (TPSA) is 62.5 Å². The number of rotatable bonds is 6. The molecule has 0 unspecified atom stereocenters. The number of hydrogen-bond acceptors (Lipinski definition) is 5. The van der Waals surface area contributed by atoms with Gasteiger partial charge in [0.25, 0.3) is 5.91 Å². The van der Waals surface area contributed by atoms with Gasteiger partial charge in [0.05, 0.1) is 5.01 Å². The van der Waals surface area contributed by atoms with Crippen molar-refractivity contribution in [3.05, 3.63) is 16.1 Å². The summed E-state index contributed by atoms with van der Waals surface area (Å²) in [6.07, 6.45) is 1.98. The van der Waals surface area contributed by atoms with Gasteiger partial charge in [-0.1, -0.05) is 13.8 Å². The zero-order valence-electron chi connectivity index (χ0n) is 13.0. The molecule has 1 saturated heterocycles. The normalized spacial score (nSPS) is 16.7. The molecule has 0 radical (unpaired) electrons. The van der Waals surface area contributed by atoms with Crippen LogP contribution in [0.2, 0.25) is 0 Å². The number of nitrogens with zero attached hydrogens (tertiary/aromatic N) is 3. The molecule has 5 nitrogen and oxygen atoms in total. The summed E-state index contributed by atoms with van der Waals surface area (Å²) in [7, 11) is 0. The zero-order valence-corrected chi connectivity index (χ0v) is 13.9. The number of amides is 1. The fourth-order valence-corrected chi connectivity index (χ4v) is 3.21. The van der Waals surface area contributed by atoms with Crippen molar-refractivity contribution < 1.29 is 4.79 Å². The highest BCUT2D eigenvalue weighted by Crippen LogP contribution is 2.14. The Hall–Kier alpha value is -0.980. The Bertz CT molecular complexity index is 452. The van der Waals surface area contributed by atoms with Crippen LogP contribution in [-0.2, 0) is 6.42 Å². The Morgan fingerprint density at radius 3 is 2.71 bits per heavy atom. The van der Waals surface area contributed by atoms with E-state index in [2.05, 4.69) is 23.7 Å². The zero-order chi connectivity index (χ0) is 15.2. The number of aromatic nitrogens is 1. The van der Waals surface area contributed by atoms with Crippen molar-refractivity contribution in [3.8, 4) is 0 Å². The standard InChI is InChI=1S/C15H26N4OS/c1-12(2)4-6-18-7-9-19(10-8-18)15(20)13-11-21-14(17-13)3-5-16/h11-12H,3-10,16H2,1-2H3. The molecule has 6 heteroatoms. The van der Waals surface area contributed by atoms with Gasteiger partial charge in [0.15, 0.2) is 0 Å². The summed E-state index contributed by atoms with van der Waals surface area (Å²) >= 11 is 1.53. The van der Waals surface area contributed by atoms with Gasteiger partial charge in [-0.25, -0.2) is 4.98 Å². The maximum atomic E-state index is 12.4. The van der Waals surface area contributed by atoms with Gasteiger partial charge >= 0.3 is 0 Å². The highest BCUT2D eigenvalue weighted by Gasteiger charge is 2.23. The number of hydrogen-bond donors (Lipinski definition) is 1. The quantitative estimate of drug-likeness (QED) is 0.864. The lowest BCUT2D eigenvalue weighted by molar-refractivity contribution is 0.0626. The molecule has 2 rings (SSSR count). The molecular formula is C15H26N4OS. The SMILES string of the molecule is CC(C)CCN1CCN(C(=O)c2csc(CCN)n2)CC1. The maximum absolute atomic E-state index is 12.4. The largest absolute Gasteiger partial charge is 0.335 e. The van der Waals surface area contributed by atoms with E-state index in [1.807, 2.05) is 10.3 Å². The van der Waals surface area contributed by atoms with E-state index in [4.69, 9.17) is 5.73 Å². The van der Waals surface area contributed by atoms with E-state index in [1.54, 1.807) is 0 Å². The Labute approximate surface area is 131 Å². The average Bonchev–Trinajstić information content (AvgIpc) is 2.94. The predicted octanol–water partition coefficient (Wildman–Crippen LogP) is 1.45. The van der Waals surface area contributed by atoms with Crippen LogP contribution in [0.1, 0.15) is 35.8 Å². The molecule has 1 aromatic rings. The van der Waals surface area contributed by atoms with Crippen LogP contribution in [0.25, 0.3) is 0 Å². The third-order valence-electron chi connectivity index (χ3n) is 3.81. The molecule has 1 aromatic heterocycles. The summed E-state index contributed by atoms with van der Waals surface area (Å²) < 4.78 is 0. The van der Waals surface area contributed by atoms with E-state index in [0.29, 0.717) is 12.2 Å². The minimum atomic E-state index is 0.0676. The molecule has 1 fully saturated rings. The van der Waals surface area contributed by atoms with Crippen LogP contribution in [0.15, 0.2) is 5.38 Å². The van der Waals surface area contributed by atoms with Gasteiger partial charge < -0.3 is 10.6 Å². The molecule has 0 bridgehead atoms. The second-order valence-corrected chi connectivity index (χ2v) is 6.92. The number of carbonyl (C=O) groups excluding carboxylic acids is 1. The van der Waals surface area contributed by atoms with Crippen LogP contribution < -0.4 is 5.73 Å². The molecule has 2 N–H and O–H groups in total. The lowest BCUT2D eigenvalue weighted by Crippen LogP contribution is -2.49. The van der Waals surface area contributed by atoms with Crippen LogP contribution >= 0.6 is 11.3 Å². The monoisotopic (exact) mass is 310 g/mol. The van der Waals surface area contributed by atoms with Crippen molar-refractivity contribution in [3.63, 3.8) is 0 Å². The summed E-state index contributed by atoms with van der Waals surface area (Å²) in [5.74, 6) is 0.804. The smallest absolute Gasteiger partial charge is 0.273 e. The molecule has 118 valence electrons. The predicted molar refractivity (Wildman–Crippen MR) is 86.7 cm³/mol. The highest BCUT2D eigenvalue weighted by atomic mass is 32.1. The van der Waals surface area contributed by atoms with Gasteiger partial charge in [-0.2, -0.15) is 0 Å². The van der Waals surface area contributed by atoms with Crippen LogP contribution in [0.5, 0.6) is 0 Å². The third kappa shape index (κ3) is 4.76. The molecule has 0 spiro atoms. The summed E-state index contributed by atoms with van der Waals surface area (Å²) in [6, 6.07) is 0. The lowest BCUT2D eigenvalue weighted by Gasteiger charge is -2.34. The molecule has 0 aliphatic carbocycles. The number of piperazine rings is 1. The summed E-state index contributed by atoms with van der Waals surface area (Å²) in [5, 5.41) is 2.81. The molecule has 0 saturated carbocycles. The maximum Gasteiger partial charge on any atom is 0.273 e. The Morgan fingerprint density at radius 1 is 1.38 bits per heavy atom. The van der Waals surface area contributed by atoms with E-state index in [9.17, 15) is 4.79 Å². The first-order chi connectivity index (χ1) is 10.1. The summed E-state index contributed by atoms with van der Waals surface area (Å²) in [6.45, 7) is 9.77. The van der Waals surface area contributed by atoms with Gasteiger partial charge in [0.1, 0.15) is 5.69 Å². The van der Waals surface area contributed by atoms with Crippen LogP contribution in [0, 0.1) is 5.92 Å². The minimum Gasteiger partial charge on any atom is -0.335 e. The molecule has 21 heavy (non-hydrogen) atoms. The van der Waals surface area contributed by atoms with Crippen molar-refractivity contribution in [1.82, 2.24) is 14.8 Å². The first kappa shape index (κ1) is 16.4. The molecule has 2 heterocycles. The third-order valence-corrected chi connectivity index (χ3v) is 4.72. The summed E-state index contributed by atoms with van der Waals surface area (Å²) in [5.41, 5.74) is 6.10. The first-order valence-electron chi connectivity index (χ1n) is 7.76. The van der Waals surface area contributed by atoms with Crippen molar-refractivity contribution in [2.75, 3.05) is 39.3 Å². The van der Waals surface area contributed by atoms with Crippen molar-refractivity contribution >= 4 is 17.2 Å². The first-order valence-corrected chi connectivity index (χ1v) is 8.64. The van der Waals surface area contributed by atoms with Gasteiger partial charge in [0.2, 0.25) is 0 Å². The van der Waals surface area contributed by atoms with Crippen LogP contribution in [0.3, 0.4) is 0 Å². The van der Waals surface area contributed by atoms with Crippen LogP contribution in [0.4, 0.5) is 0 Å². The average molecular weight is 310 g/mol. The van der Waals surface area contributed by atoms with Gasteiger partial charge in [-0.05, 0) is 25.4 Å². The van der Waals surface area contributed by atoms with E-state index < -0.39 is 0 Å².